The zero-order valence-corrected chi connectivity index (χ0v) is 15.6. The molecule has 3 heterocycles. The van der Waals surface area contributed by atoms with Crippen LogP contribution in [0.5, 0.6) is 0 Å². The van der Waals surface area contributed by atoms with Gasteiger partial charge >= 0.3 is 0 Å². The summed E-state index contributed by atoms with van der Waals surface area (Å²) < 4.78 is 1.26. The van der Waals surface area contributed by atoms with Gasteiger partial charge in [0, 0.05) is 18.0 Å². The van der Waals surface area contributed by atoms with Crippen LogP contribution < -0.4 is 5.56 Å². The molecule has 2 aromatic heterocycles. The lowest BCUT2D eigenvalue weighted by molar-refractivity contribution is -0.133. The second-order valence-corrected chi connectivity index (χ2v) is 8.73. The van der Waals surface area contributed by atoms with Crippen LogP contribution in [0.3, 0.4) is 0 Å². The van der Waals surface area contributed by atoms with Crippen LogP contribution in [0.4, 0.5) is 0 Å². The summed E-state index contributed by atoms with van der Waals surface area (Å²) in [6.07, 6.45) is 5.10. The van der Waals surface area contributed by atoms with Gasteiger partial charge in [-0.3, -0.25) is 9.59 Å². The van der Waals surface area contributed by atoms with Crippen molar-refractivity contribution in [1.82, 2.24) is 19.9 Å². The topological polar surface area (TPSA) is 68.1 Å². The summed E-state index contributed by atoms with van der Waals surface area (Å²) in [5.74, 6) is 1.29. The van der Waals surface area contributed by atoms with Crippen molar-refractivity contribution in [2.24, 2.45) is 11.8 Å². The second kappa shape index (κ2) is 6.52. The lowest BCUT2D eigenvalue weighted by Gasteiger charge is -2.30. The molecular weight excluding hydrogens is 336 g/mol. The van der Waals surface area contributed by atoms with Crippen LogP contribution in [0.15, 0.2) is 4.79 Å². The zero-order chi connectivity index (χ0) is 17.6. The Hall–Kier alpha value is -1.76. The SMILES string of the molecule is CC1CCN(C(=O)Cn2nnc3sc4c(c3c2=O)CC[C@@H](C)C4)CC1. The van der Waals surface area contributed by atoms with Gasteiger partial charge in [0.15, 0.2) is 4.83 Å². The van der Waals surface area contributed by atoms with Crippen molar-refractivity contribution >= 4 is 27.5 Å². The first-order valence-electron chi connectivity index (χ1n) is 9.18. The van der Waals surface area contributed by atoms with E-state index in [0.717, 1.165) is 55.6 Å². The van der Waals surface area contributed by atoms with E-state index in [4.69, 9.17) is 0 Å². The number of piperidine rings is 1. The first kappa shape index (κ1) is 16.7. The molecule has 6 nitrogen and oxygen atoms in total. The van der Waals surface area contributed by atoms with Crippen LogP contribution in [-0.2, 0) is 24.2 Å². The number of thiophene rings is 1. The van der Waals surface area contributed by atoms with E-state index >= 15 is 0 Å². The summed E-state index contributed by atoms with van der Waals surface area (Å²) in [7, 11) is 0. The molecule has 25 heavy (non-hydrogen) atoms. The zero-order valence-electron chi connectivity index (χ0n) is 14.8. The molecular formula is C18H24N4O2S. The van der Waals surface area contributed by atoms with Gasteiger partial charge in [0.2, 0.25) is 5.91 Å². The first-order chi connectivity index (χ1) is 12.0. The van der Waals surface area contributed by atoms with Gasteiger partial charge in [-0.1, -0.05) is 19.1 Å². The van der Waals surface area contributed by atoms with Crippen molar-refractivity contribution in [3.05, 3.63) is 20.8 Å². The monoisotopic (exact) mass is 360 g/mol. The van der Waals surface area contributed by atoms with E-state index in [0.29, 0.717) is 17.2 Å². The minimum absolute atomic E-state index is 0.00280. The molecule has 0 N–H and O–H groups in total. The van der Waals surface area contributed by atoms with E-state index in [1.807, 2.05) is 4.90 Å². The summed E-state index contributed by atoms with van der Waals surface area (Å²) in [4.78, 5) is 29.3. The Kier molecular flexibility index (Phi) is 4.35. The lowest BCUT2D eigenvalue weighted by atomic mass is 9.89. The highest BCUT2D eigenvalue weighted by Crippen LogP contribution is 2.35. The minimum atomic E-state index is -0.157. The van der Waals surface area contributed by atoms with Gasteiger partial charge in [0.25, 0.3) is 5.56 Å². The van der Waals surface area contributed by atoms with Gasteiger partial charge < -0.3 is 4.90 Å². The Labute approximate surface area is 150 Å². The van der Waals surface area contributed by atoms with Gasteiger partial charge in [-0.25, -0.2) is 4.68 Å². The molecule has 2 aromatic rings. The van der Waals surface area contributed by atoms with Gasteiger partial charge in [-0.15, -0.1) is 16.4 Å². The molecule has 0 spiro atoms. The van der Waals surface area contributed by atoms with Crippen molar-refractivity contribution in [3.8, 4) is 0 Å². The molecule has 4 rings (SSSR count). The van der Waals surface area contributed by atoms with Crippen molar-refractivity contribution in [3.63, 3.8) is 0 Å². The predicted molar refractivity (Wildman–Crippen MR) is 97.8 cm³/mol. The number of aryl methyl sites for hydroxylation is 1. The molecule has 0 unspecified atom stereocenters. The molecule has 1 saturated heterocycles. The Morgan fingerprint density at radius 1 is 1.20 bits per heavy atom. The molecule has 1 fully saturated rings. The van der Waals surface area contributed by atoms with Crippen LogP contribution >= 0.6 is 11.3 Å². The highest BCUT2D eigenvalue weighted by Gasteiger charge is 2.25. The van der Waals surface area contributed by atoms with Gasteiger partial charge in [0.05, 0.1) is 5.39 Å². The summed E-state index contributed by atoms with van der Waals surface area (Å²) in [6.45, 7) is 6.01. The molecule has 0 aromatic carbocycles. The average Bonchev–Trinajstić information content (AvgIpc) is 2.96. The van der Waals surface area contributed by atoms with Crippen LogP contribution in [0.2, 0.25) is 0 Å². The van der Waals surface area contributed by atoms with Crippen molar-refractivity contribution in [2.75, 3.05) is 13.1 Å². The fourth-order valence-corrected chi connectivity index (χ4v) is 5.20. The maximum Gasteiger partial charge on any atom is 0.279 e. The van der Waals surface area contributed by atoms with Crippen molar-refractivity contribution in [1.29, 1.82) is 0 Å². The average molecular weight is 360 g/mol. The number of hydrogen-bond donors (Lipinski definition) is 0. The molecule has 2 aliphatic rings. The van der Waals surface area contributed by atoms with E-state index in [9.17, 15) is 9.59 Å². The highest BCUT2D eigenvalue weighted by atomic mass is 32.1. The molecule has 1 amide bonds. The number of amides is 1. The van der Waals surface area contributed by atoms with E-state index < -0.39 is 0 Å². The summed E-state index contributed by atoms with van der Waals surface area (Å²) >= 11 is 1.59. The quantitative estimate of drug-likeness (QED) is 0.824. The number of carbonyl (C=O) groups excluding carboxylic acids is 1. The third-order valence-corrected chi connectivity index (χ3v) is 6.74. The molecule has 0 saturated carbocycles. The molecule has 1 aliphatic heterocycles. The minimum Gasteiger partial charge on any atom is -0.341 e. The molecule has 0 bridgehead atoms. The number of aromatic nitrogens is 3. The molecule has 7 heteroatoms. The van der Waals surface area contributed by atoms with E-state index in [-0.39, 0.29) is 18.0 Å². The Balaban J connectivity index is 1.61. The summed E-state index contributed by atoms with van der Waals surface area (Å²) in [6, 6.07) is 0. The van der Waals surface area contributed by atoms with Gasteiger partial charge in [-0.05, 0) is 49.5 Å². The van der Waals surface area contributed by atoms with Crippen molar-refractivity contribution in [2.45, 2.75) is 52.5 Å². The maximum atomic E-state index is 12.9. The van der Waals surface area contributed by atoms with E-state index in [1.165, 1.54) is 9.56 Å². The summed E-state index contributed by atoms with van der Waals surface area (Å²) in [5.41, 5.74) is 0.988. The number of rotatable bonds is 2. The number of nitrogens with zero attached hydrogens (tertiary/aromatic N) is 4. The standard InChI is InChI=1S/C18H24N4O2S/c1-11-5-7-21(8-6-11)15(23)10-22-18(24)16-13-4-3-12(2)9-14(13)25-17(16)19-20-22/h11-12H,3-10H2,1-2H3/t12-/m1/s1. The van der Waals surface area contributed by atoms with Crippen LogP contribution in [0.25, 0.3) is 10.2 Å². The number of carbonyl (C=O) groups is 1. The molecule has 134 valence electrons. The summed E-state index contributed by atoms with van der Waals surface area (Å²) in [5, 5.41) is 8.98. The van der Waals surface area contributed by atoms with Gasteiger partial charge in [-0.2, -0.15) is 0 Å². The van der Waals surface area contributed by atoms with Gasteiger partial charge in [0.1, 0.15) is 6.54 Å². The third kappa shape index (κ3) is 3.10. The lowest BCUT2D eigenvalue weighted by Crippen LogP contribution is -2.41. The number of likely N-dealkylation sites (tertiary alicyclic amines) is 1. The fourth-order valence-electron chi connectivity index (χ4n) is 3.88. The second-order valence-electron chi connectivity index (χ2n) is 7.65. The van der Waals surface area contributed by atoms with Crippen LogP contribution in [0, 0.1) is 11.8 Å². The number of fused-ring (bicyclic) bond motifs is 3. The van der Waals surface area contributed by atoms with E-state index in [2.05, 4.69) is 24.2 Å². The maximum absolute atomic E-state index is 12.9. The highest BCUT2D eigenvalue weighted by molar-refractivity contribution is 7.18. The Morgan fingerprint density at radius 2 is 1.96 bits per heavy atom. The smallest absolute Gasteiger partial charge is 0.279 e. The third-order valence-electron chi connectivity index (χ3n) is 5.61. The molecule has 1 atom stereocenters. The van der Waals surface area contributed by atoms with Crippen LogP contribution in [0.1, 0.15) is 43.6 Å². The Bertz CT molecular complexity index is 864. The molecule has 0 radical (unpaired) electrons. The largest absolute Gasteiger partial charge is 0.341 e. The molecule has 1 aliphatic carbocycles. The Morgan fingerprint density at radius 3 is 2.72 bits per heavy atom. The van der Waals surface area contributed by atoms with E-state index in [1.54, 1.807) is 11.3 Å². The predicted octanol–water partition coefficient (Wildman–Crippen LogP) is 2.24. The normalized spacial score (nSPS) is 21.5. The fraction of sp³-hybridized carbons (Fsp3) is 0.667. The number of hydrogen-bond acceptors (Lipinski definition) is 5. The van der Waals surface area contributed by atoms with Crippen LogP contribution in [-0.4, -0.2) is 38.9 Å². The first-order valence-corrected chi connectivity index (χ1v) is 10.0. The van der Waals surface area contributed by atoms with Crippen molar-refractivity contribution < 1.29 is 4.79 Å².